The van der Waals surface area contributed by atoms with Gasteiger partial charge in [-0.05, 0) is 43.0 Å². The average molecular weight is 576 g/mol. The Morgan fingerprint density at radius 2 is 1.75 bits per heavy atom. The van der Waals surface area contributed by atoms with E-state index in [4.69, 9.17) is 0 Å². The number of amides is 3. The molecule has 2 N–H and O–H groups in total. The monoisotopic (exact) mass is 576 g/mol. The molecule has 2 aromatic rings. The Hall–Kier alpha value is -3.78. The molecule has 7 nitrogen and oxygen atoms in total. The number of halogens is 8. The van der Waals surface area contributed by atoms with E-state index in [0.29, 0.717) is 18.6 Å². The van der Waals surface area contributed by atoms with Gasteiger partial charge in [-0.25, -0.2) is 8.78 Å². The standard InChI is InChI=1S/C25H20F8N4O3/c26-15-8-14(24(28,29)30)16(27)7-13(15)21(12-6-20(38)35-9-12)36-22(39)18-4-11-3-17(11)37(18)23(40)10-1-2-34-19(5-10)25(31,32)33/h1-2,5,7-8,11-12,17-18,21H,3-4,6,9H2,(H,35,38)(H,36,39)/t11-,12-,17-,18-,21+/m1/s1. The summed E-state index contributed by atoms with van der Waals surface area (Å²) in [4.78, 5) is 42.9. The molecule has 40 heavy (non-hydrogen) atoms. The number of alkyl halides is 6. The Kier molecular flexibility index (Phi) is 6.73. The van der Waals surface area contributed by atoms with Gasteiger partial charge in [0.05, 0.1) is 11.6 Å². The molecule has 0 bridgehead atoms. The van der Waals surface area contributed by atoms with Crippen molar-refractivity contribution >= 4 is 17.7 Å². The maximum atomic E-state index is 14.9. The Morgan fingerprint density at radius 3 is 2.38 bits per heavy atom. The highest BCUT2D eigenvalue weighted by Crippen LogP contribution is 2.49. The molecule has 214 valence electrons. The van der Waals surface area contributed by atoms with Crippen molar-refractivity contribution in [3.63, 3.8) is 0 Å². The number of nitrogens with zero attached hydrogens (tertiary/aromatic N) is 2. The van der Waals surface area contributed by atoms with Gasteiger partial charge in [-0.3, -0.25) is 19.4 Å². The van der Waals surface area contributed by atoms with Gasteiger partial charge in [-0.1, -0.05) is 0 Å². The van der Waals surface area contributed by atoms with E-state index in [-0.39, 0.29) is 36.9 Å². The van der Waals surface area contributed by atoms with Crippen LogP contribution < -0.4 is 10.6 Å². The van der Waals surface area contributed by atoms with Gasteiger partial charge < -0.3 is 15.5 Å². The molecule has 1 aromatic carbocycles. The van der Waals surface area contributed by atoms with Crippen molar-refractivity contribution in [1.29, 1.82) is 0 Å². The molecule has 3 amide bonds. The van der Waals surface area contributed by atoms with Gasteiger partial charge >= 0.3 is 12.4 Å². The number of piperidine rings is 1. The first-order valence-corrected chi connectivity index (χ1v) is 12.1. The highest BCUT2D eigenvalue weighted by molar-refractivity contribution is 5.98. The third kappa shape index (κ3) is 5.20. The number of benzene rings is 1. The highest BCUT2D eigenvalue weighted by atomic mass is 19.4. The van der Waals surface area contributed by atoms with Gasteiger partial charge in [-0.15, -0.1) is 0 Å². The van der Waals surface area contributed by atoms with Crippen molar-refractivity contribution in [1.82, 2.24) is 20.5 Å². The fourth-order valence-electron chi connectivity index (χ4n) is 5.43. The van der Waals surface area contributed by atoms with Crippen molar-refractivity contribution in [2.75, 3.05) is 6.54 Å². The molecule has 0 unspecified atom stereocenters. The number of nitrogens with one attached hydrogen (secondary N) is 2. The number of carbonyl (C=O) groups is 3. The zero-order chi connectivity index (χ0) is 29.1. The number of aromatic nitrogens is 1. The molecule has 1 aliphatic carbocycles. The quantitative estimate of drug-likeness (QED) is 0.527. The lowest BCUT2D eigenvalue weighted by atomic mass is 9.90. The van der Waals surface area contributed by atoms with Gasteiger partial charge in [0.2, 0.25) is 11.8 Å². The Labute approximate surface area is 220 Å². The van der Waals surface area contributed by atoms with Crippen LogP contribution in [0.3, 0.4) is 0 Å². The van der Waals surface area contributed by atoms with Crippen LogP contribution in [-0.4, -0.2) is 46.2 Å². The van der Waals surface area contributed by atoms with Gasteiger partial charge in [0.1, 0.15) is 23.4 Å². The van der Waals surface area contributed by atoms with Crippen molar-refractivity contribution in [3.05, 3.63) is 64.5 Å². The smallest absolute Gasteiger partial charge is 0.356 e. The third-order valence-corrected chi connectivity index (χ3v) is 7.44. The summed E-state index contributed by atoms with van der Waals surface area (Å²) in [7, 11) is 0. The average Bonchev–Trinajstić information content (AvgIpc) is 3.32. The SMILES string of the molecule is O=C1C[C@@H]([C@H](NC(=O)[C@H]2C[C@H]3C[C@H]3N2C(=O)c2ccnc(C(F)(F)F)c2)c2cc(F)c(C(F)(F)F)cc2F)CN1. The molecule has 2 saturated heterocycles. The lowest BCUT2D eigenvalue weighted by Crippen LogP contribution is -2.49. The minimum absolute atomic E-state index is 0.0315. The van der Waals surface area contributed by atoms with Crippen LogP contribution in [0, 0.1) is 23.5 Å². The number of carbonyl (C=O) groups excluding carboxylic acids is 3. The van der Waals surface area contributed by atoms with Crippen molar-refractivity contribution in [2.24, 2.45) is 11.8 Å². The minimum atomic E-state index is -5.18. The van der Waals surface area contributed by atoms with Crippen LogP contribution in [0.4, 0.5) is 35.1 Å². The molecule has 0 radical (unpaired) electrons. The number of rotatable bonds is 5. The van der Waals surface area contributed by atoms with Crippen LogP contribution >= 0.6 is 0 Å². The Morgan fingerprint density at radius 1 is 1.02 bits per heavy atom. The molecule has 3 heterocycles. The summed E-state index contributed by atoms with van der Waals surface area (Å²) in [5.41, 5.74) is -4.12. The first-order chi connectivity index (χ1) is 18.6. The van der Waals surface area contributed by atoms with E-state index in [0.717, 1.165) is 17.2 Å². The summed E-state index contributed by atoms with van der Waals surface area (Å²) in [6.07, 6.45) is -8.79. The van der Waals surface area contributed by atoms with Crippen LogP contribution in [0.5, 0.6) is 0 Å². The van der Waals surface area contributed by atoms with Crippen LogP contribution in [0.1, 0.15) is 52.5 Å². The van der Waals surface area contributed by atoms with Crippen LogP contribution in [0.15, 0.2) is 30.5 Å². The highest BCUT2D eigenvalue weighted by Gasteiger charge is 2.56. The van der Waals surface area contributed by atoms with Gasteiger partial charge in [0, 0.05) is 42.2 Å². The molecule has 1 saturated carbocycles. The summed E-state index contributed by atoms with van der Waals surface area (Å²) in [6.45, 7) is -0.0956. The van der Waals surface area contributed by atoms with E-state index >= 15 is 0 Å². The molecule has 3 aliphatic rings. The van der Waals surface area contributed by atoms with E-state index in [1.54, 1.807) is 0 Å². The predicted molar refractivity (Wildman–Crippen MR) is 119 cm³/mol. The Bertz CT molecular complexity index is 1380. The van der Waals surface area contributed by atoms with Crippen LogP contribution in [0.25, 0.3) is 0 Å². The van der Waals surface area contributed by atoms with Gasteiger partial charge in [0.25, 0.3) is 5.91 Å². The summed E-state index contributed by atoms with van der Waals surface area (Å²) < 4.78 is 108. The zero-order valence-electron chi connectivity index (χ0n) is 20.2. The fourth-order valence-corrected chi connectivity index (χ4v) is 5.43. The van der Waals surface area contributed by atoms with Crippen LogP contribution in [-0.2, 0) is 21.9 Å². The van der Waals surface area contributed by atoms with Crippen LogP contribution in [0.2, 0.25) is 0 Å². The second kappa shape index (κ2) is 9.70. The molecule has 0 spiro atoms. The zero-order valence-corrected chi connectivity index (χ0v) is 20.2. The third-order valence-electron chi connectivity index (χ3n) is 7.44. The van der Waals surface area contributed by atoms with Crippen molar-refractivity contribution in [3.8, 4) is 0 Å². The van der Waals surface area contributed by atoms with E-state index < -0.39 is 82.6 Å². The number of hydrogen-bond acceptors (Lipinski definition) is 4. The molecule has 1 aromatic heterocycles. The number of fused-ring (bicyclic) bond motifs is 1. The lowest BCUT2D eigenvalue weighted by molar-refractivity contribution is -0.141. The first-order valence-electron chi connectivity index (χ1n) is 12.1. The van der Waals surface area contributed by atoms with E-state index in [9.17, 15) is 49.5 Å². The van der Waals surface area contributed by atoms with Crippen molar-refractivity contribution < 1.29 is 49.5 Å². The van der Waals surface area contributed by atoms with Gasteiger partial charge in [0.15, 0.2) is 0 Å². The van der Waals surface area contributed by atoms with E-state index in [1.165, 1.54) is 0 Å². The number of likely N-dealkylation sites (tertiary alicyclic amines) is 1. The Balaban J connectivity index is 1.44. The summed E-state index contributed by atoms with van der Waals surface area (Å²) >= 11 is 0. The molecular weight excluding hydrogens is 556 g/mol. The largest absolute Gasteiger partial charge is 0.433 e. The predicted octanol–water partition coefficient (Wildman–Crippen LogP) is 3.99. The molecule has 2 aliphatic heterocycles. The summed E-state index contributed by atoms with van der Waals surface area (Å²) in [5.74, 6) is -6.42. The molecular formula is C25H20F8N4O3. The second-order valence-corrected chi connectivity index (χ2v) is 10.1. The summed E-state index contributed by atoms with van der Waals surface area (Å²) in [6, 6.07) is -1.16. The maximum absolute atomic E-state index is 14.9. The van der Waals surface area contributed by atoms with Crippen molar-refractivity contribution in [2.45, 2.75) is 49.7 Å². The number of pyridine rings is 1. The molecule has 15 heteroatoms. The second-order valence-electron chi connectivity index (χ2n) is 10.1. The van der Waals surface area contributed by atoms with E-state index in [2.05, 4.69) is 15.6 Å². The molecule has 5 rings (SSSR count). The molecule has 3 fully saturated rings. The van der Waals surface area contributed by atoms with Gasteiger partial charge in [-0.2, -0.15) is 26.3 Å². The fraction of sp³-hybridized carbons (Fsp3) is 0.440. The number of hydrogen-bond donors (Lipinski definition) is 2. The summed E-state index contributed by atoms with van der Waals surface area (Å²) in [5, 5.41) is 4.94. The minimum Gasteiger partial charge on any atom is -0.356 e. The first kappa shape index (κ1) is 27.8. The normalized spacial score (nSPS) is 24.9. The maximum Gasteiger partial charge on any atom is 0.433 e. The van der Waals surface area contributed by atoms with E-state index in [1.807, 2.05) is 0 Å². The topological polar surface area (TPSA) is 91.4 Å². The molecule has 5 atom stereocenters. The lowest BCUT2D eigenvalue weighted by Gasteiger charge is -2.31.